The van der Waals surface area contributed by atoms with E-state index in [-0.39, 0.29) is 11.8 Å². The van der Waals surface area contributed by atoms with Crippen LogP contribution in [0.4, 0.5) is 5.69 Å². The number of carbonyl (C=O) groups is 2. The van der Waals surface area contributed by atoms with E-state index >= 15 is 0 Å². The zero-order chi connectivity index (χ0) is 20.5. The van der Waals surface area contributed by atoms with Crippen molar-refractivity contribution in [2.75, 3.05) is 11.4 Å². The van der Waals surface area contributed by atoms with Crippen LogP contribution in [0.5, 0.6) is 0 Å². The number of amides is 2. The first-order chi connectivity index (χ1) is 13.9. The molecular formula is C21H24N6O2. The minimum absolute atomic E-state index is 0.167. The minimum Gasteiger partial charge on any atom is -0.347 e. The molecule has 1 aliphatic rings. The molecule has 4 rings (SSSR count). The topological polar surface area (TPSA) is 95.9 Å². The van der Waals surface area contributed by atoms with Crippen molar-refractivity contribution in [2.24, 2.45) is 7.05 Å². The van der Waals surface area contributed by atoms with Gasteiger partial charge in [0.1, 0.15) is 5.69 Å². The predicted molar refractivity (Wildman–Crippen MR) is 109 cm³/mol. The molecule has 2 amide bonds. The Labute approximate surface area is 168 Å². The largest absolute Gasteiger partial charge is 0.347 e. The zero-order valence-corrected chi connectivity index (χ0v) is 16.8. The molecule has 0 bridgehead atoms. The van der Waals surface area contributed by atoms with Gasteiger partial charge in [-0.05, 0) is 44.0 Å². The summed E-state index contributed by atoms with van der Waals surface area (Å²) in [6.45, 7) is 5.07. The number of rotatable bonds is 5. The smallest absolute Gasteiger partial charge is 0.269 e. The first-order valence-electron chi connectivity index (χ1n) is 9.67. The lowest BCUT2D eigenvalue weighted by molar-refractivity contribution is -0.117. The molecule has 0 radical (unpaired) electrons. The number of nitrogens with zero attached hydrogens (tertiary/aromatic N) is 4. The minimum atomic E-state index is -0.221. The van der Waals surface area contributed by atoms with E-state index in [1.165, 1.54) is 0 Å². The number of aromatic amines is 1. The summed E-state index contributed by atoms with van der Waals surface area (Å²) in [6, 6.07) is 9.46. The molecule has 1 aliphatic heterocycles. The Morgan fingerprint density at radius 1 is 1.24 bits per heavy atom. The fourth-order valence-electron chi connectivity index (χ4n) is 3.70. The third kappa shape index (κ3) is 3.65. The molecule has 2 aromatic heterocycles. The van der Waals surface area contributed by atoms with Crippen LogP contribution in [0.25, 0.3) is 11.3 Å². The van der Waals surface area contributed by atoms with E-state index in [0.29, 0.717) is 24.4 Å². The molecule has 8 nitrogen and oxygen atoms in total. The molecule has 0 saturated carbocycles. The Kier molecular flexibility index (Phi) is 4.92. The fourth-order valence-corrected chi connectivity index (χ4v) is 3.70. The molecule has 0 aliphatic carbocycles. The van der Waals surface area contributed by atoms with Crippen LogP contribution < -0.4 is 10.2 Å². The normalized spacial score (nSPS) is 13.9. The van der Waals surface area contributed by atoms with Gasteiger partial charge in [0.15, 0.2) is 0 Å². The summed E-state index contributed by atoms with van der Waals surface area (Å²) in [5.41, 5.74) is 5.79. The fraction of sp³-hybridized carbons (Fsp3) is 0.333. The van der Waals surface area contributed by atoms with Gasteiger partial charge in [0.25, 0.3) is 5.91 Å². The standard InChI is InChI=1S/C21H24N6O2/c1-13-20(14(2)26(3)25-13)17-11-18(24-23-17)21(29)22-12-15-6-8-16(9-7-15)27-10-4-5-19(27)28/h6-9,11H,4-5,10,12H2,1-3H3,(H,22,29)(H,23,24). The van der Waals surface area contributed by atoms with Gasteiger partial charge in [-0.3, -0.25) is 19.4 Å². The summed E-state index contributed by atoms with van der Waals surface area (Å²) in [5, 5.41) is 14.4. The van der Waals surface area contributed by atoms with Crippen LogP contribution >= 0.6 is 0 Å². The molecule has 3 heterocycles. The van der Waals surface area contributed by atoms with Gasteiger partial charge in [-0.2, -0.15) is 10.2 Å². The number of carbonyl (C=O) groups excluding carboxylic acids is 2. The highest BCUT2D eigenvalue weighted by atomic mass is 16.2. The van der Waals surface area contributed by atoms with Gasteiger partial charge in [-0.15, -0.1) is 0 Å². The van der Waals surface area contributed by atoms with Gasteiger partial charge in [0, 0.05) is 43.5 Å². The molecule has 0 unspecified atom stereocenters. The average Bonchev–Trinajstić information content (AvgIpc) is 3.41. The highest BCUT2D eigenvalue weighted by molar-refractivity contribution is 5.95. The number of aryl methyl sites for hydroxylation is 2. The Bertz CT molecular complexity index is 1060. The second-order valence-corrected chi connectivity index (χ2v) is 7.33. The molecule has 1 aromatic carbocycles. The molecule has 0 spiro atoms. The second-order valence-electron chi connectivity index (χ2n) is 7.33. The van der Waals surface area contributed by atoms with E-state index in [0.717, 1.165) is 41.2 Å². The first-order valence-corrected chi connectivity index (χ1v) is 9.67. The van der Waals surface area contributed by atoms with Crippen molar-refractivity contribution in [1.29, 1.82) is 0 Å². The van der Waals surface area contributed by atoms with Crippen molar-refractivity contribution < 1.29 is 9.59 Å². The summed E-state index contributed by atoms with van der Waals surface area (Å²) in [6.07, 6.45) is 1.52. The third-order valence-electron chi connectivity index (χ3n) is 5.36. The van der Waals surface area contributed by atoms with E-state index < -0.39 is 0 Å². The number of H-pyrrole nitrogens is 1. The van der Waals surface area contributed by atoms with Crippen LogP contribution in [-0.2, 0) is 18.4 Å². The number of hydrogen-bond acceptors (Lipinski definition) is 4. The number of nitrogens with one attached hydrogen (secondary N) is 2. The summed E-state index contributed by atoms with van der Waals surface area (Å²) in [7, 11) is 1.89. The van der Waals surface area contributed by atoms with Crippen molar-refractivity contribution in [1.82, 2.24) is 25.3 Å². The molecule has 150 valence electrons. The molecule has 1 saturated heterocycles. The van der Waals surface area contributed by atoms with Crippen molar-refractivity contribution >= 4 is 17.5 Å². The van der Waals surface area contributed by atoms with E-state index in [4.69, 9.17) is 0 Å². The molecule has 2 N–H and O–H groups in total. The maximum Gasteiger partial charge on any atom is 0.269 e. The van der Waals surface area contributed by atoms with Gasteiger partial charge < -0.3 is 10.2 Å². The van der Waals surface area contributed by atoms with Crippen molar-refractivity contribution in [2.45, 2.75) is 33.2 Å². The maximum absolute atomic E-state index is 12.5. The van der Waals surface area contributed by atoms with Gasteiger partial charge in [-0.1, -0.05) is 12.1 Å². The number of anilines is 1. The van der Waals surface area contributed by atoms with Crippen LogP contribution in [0, 0.1) is 13.8 Å². The molecule has 8 heteroatoms. The lowest BCUT2D eigenvalue weighted by Crippen LogP contribution is -2.24. The Morgan fingerprint density at radius 2 is 2.00 bits per heavy atom. The first kappa shape index (κ1) is 18.9. The SMILES string of the molecule is Cc1nn(C)c(C)c1-c1cc(C(=O)NCc2ccc(N3CCCC3=O)cc2)[nH]n1. The van der Waals surface area contributed by atoms with Gasteiger partial charge in [0.05, 0.1) is 11.4 Å². The van der Waals surface area contributed by atoms with Gasteiger partial charge in [0.2, 0.25) is 5.91 Å². The molecule has 29 heavy (non-hydrogen) atoms. The van der Waals surface area contributed by atoms with E-state index in [1.54, 1.807) is 15.6 Å². The zero-order valence-electron chi connectivity index (χ0n) is 16.8. The van der Waals surface area contributed by atoms with Gasteiger partial charge in [-0.25, -0.2) is 0 Å². The lowest BCUT2D eigenvalue weighted by Gasteiger charge is -2.16. The Balaban J connectivity index is 1.40. The summed E-state index contributed by atoms with van der Waals surface area (Å²) < 4.78 is 1.80. The summed E-state index contributed by atoms with van der Waals surface area (Å²) in [5.74, 6) is -0.0538. The Morgan fingerprint density at radius 3 is 2.62 bits per heavy atom. The quantitative estimate of drug-likeness (QED) is 0.697. The van der Waals surface area contributed by atoms with E-state index in [1.807, 2.05) is 45.2 Å². The third-order valence-corrected chi connectivity index (χ3v) is 5.36. The highest BCUT2D eigenvalue weighted by Crippen LogP contribution is 2.25. The van der Waals surface area contributed by atoms with Gasteiger partial charge >= 0.3 is 0 Å². The molecule has 0 atom stereocenters. The maximum atomic E-state index is 12.5. The predicted octanol–water partition coefficient (Wildman–Crippen LogP) is 2.48. The van der Waals surface area contributed by atoms with Crippen molar-refractivity contribution in [3.8, 4) is 11.3 Å². The lowest BCUT2D eigenvalue weighted by atomic mass is 10.1. The second kappa shape index (κ2) is 7.54. The monoisotopic (exact) mass is 392 g/mol. The average molecular weight is 392 g/mol. The summed E-state index contributed by atoms with van der Waals surface area (Å²) in [4.78, 5) is 26.1. The summed E-state index contributed by atoms with van der Waals surface area (Å²) >= 11 is 0. The number of benzene rings is 1. The van der Waals surface area contributed by atoms with Crippen molar-refractivity contribution in [3.63, 3.8) is 0 Å². The van der Waals surface area contributed by atoms with Crippen LogP contribution in [0.1, 0.15) is 40.3 Å². The van der Waals surface area contributed by atoms with E-state index in [9.17, 15) is 9.59 Å². The Hall–Kier alpha value is -3.42. The number of aromatic nitrogens is 4. The van der Waals surface area contributed by atoms with Crippen LogP contribution in [0.15, 0.2) is 30.3 Å². The molecule has 3 aromatic rings. The van der Waals surface area contributed by atoms with Crippen molar-refractivity contribution in [3.05, 3.63) is 53.0 Å². The molecule has 1 fully saturated rings. The van der Waals surface area contributed by atoms with Crippen LogP contribution in [0.3, 0.4) is 0 Å². The highest BCUT2D eigenvalue weighted by Gasteiger charge is 2.21. The number of hydrogen-bond donors (Lipinski definition) is 2. The van der Waals surface area contributed by atoms with Crippen LogP contribution in [-0.4, -0.2) is 38.3 Å². The molecular weight excluding hydrogens is 368 g/mol. The van der Waals surface area contributed by atoms with Crippen LogP contribution in [0.2, 0.25) is 0 Å². The van der Waals surface area contributed by atoms with E-state index in [2.05, 4.69) is 20.6 Å².